The average Bonchev–Trinajstić information content (AvgIpc) is 2.81. The van der Waals surface area contributed by atoms with Gasteiger partial charge in [-0.15, -0.1) is 0 Å². The van der Waals surface area contributed by atoms with Crippen LogP contribution in [-0.4, -0.2) is 17.8 Å². The molecule has 3 heteroatoms. The molecule has 94 valence electrons. The van der Waals surface area contributed by atoms with Crippen LogP contribution in [0.2, 0.25) is 5.02 Å². The Morgan fingerprint density at radius 2 is 1.88 bits per heavy atom. The number of ether oxygens (including phenoxy) is 1. The van der Waals surface area contributed by atoms with Crippen LogP contribution < -0.4 is 4.74 Å². The molecule has 2 rings (SSSR count). The van der Waals surface area contributed by atoms with E-state index in [1.54, 1.807) is 12.1 Å². The van der Waals surface area contributed by atoms with Crippen LogP contribution in [0.3, 0.4) is 0 Å². The summed E-state index contributed by atoms with van der Waals surface area (Å²) in [6.45, 7) is 0.373. The first-order chi connectivity index (χ1) is 8.24. The Balaban J connectivity index is 1.71. The summed E-state index contributed by atoms with van der Waals surface area (Å²) in [7, 11) is 0. The van der Waals surface area contributed by atoms with Gasteiger partial charge in [0.05, 0.1) is 6.10 Å². The third-order valence-electron chi connectivity index (χ3n) is 3.34. The maximum Gasteiger partial charge on any atom is 0.119 e. The van der Waals surface area contributed by atoms with E-state index in [1.165, 1.54) is 25.7 Å². The predicted molar refractivity (Wildman–Crippen MR) is 69.5 cm³/mol. The highest BCUT2D eigenvalue weighted by molar-refractivity contribution is 6.30. The molecule has 0 amide bonds. The number of aliphatic hydroxyl groups excluding tert-OH is 1. The maximum absolute atomic E-state index is 9.87. The molecule has 0 heterocycles. The fraction of sp³-hybridized carbons (Fsp3) is 0.571. The van der Waals surface area contributed by atoms with Gasteiger partial charge in [0.2, 0.25) is 0 Å². The van der Waals surface area contributed by atoms with Crippen molar-refractivity contribution < 1.29 is 9.84 Å². The first kappa shape index (κ1) is 12.7. The number of benzene rings is 1. The second-order valence-electron chi connectivity index (χ2n) is 4.80. The number of hydrogen-bond acceptors (Lipinski definition) is 2. The van der Waals surface area contributed by atoms with Crippen LogP contribution in [0, 0.1) is 5.92 Å². The summed E-state index contributed by atoms with van der Waals surface area (Å²) in [5.41, 5.74) is 0. The van der Waals surface area contributed by atoms with Gasteiger partial charge in [0.1, 0.15) is 12.4 Å². The molecule has 1 aromatic carbocycles. The minimum absolute atomic E-state index is 0.353. The molecule has 1 aliphatic rings. The summed E-state index contributed by atoms with van der Waals surface area (Å²) in [4.78, 5) is 0. The first-order valence-electron chi connectivity index (χ1n) is 6.30. The van der Waals surface area contributed by atoms with Gasteiger partial charge in [-0.3, -0.25) is 0 Å². The number of halogens is 1. The van der Waals surface area contributed by atoms with Crippen molar-refractivity contribution in [2.45, 2.75) is 38.2 Å². The second kappa shape index (κ2) is 6.27. The molecule has 0 aromatic heterocycles. The molecule has 1 unspecified atom stereocenters. The van der Waals surface area contributed by atoms with E-state index in [0.29, 0.717) is 17.5 Å². The highest BCUT2D eigenvalue weighted by atomic mass is 35.5. The molecule has 1 atom stereocenters. The highest BCUT2D eigenvalue weighted by Crippen LogP contribution is 2.28. The lowest BCUT2D eigenvalue weighted by Gasteiger charge is -2.16. The quantitative estimate of drug-likeness (QED) is 0.869. The van der Waals surface area contributed by atoms with E-state index in [2.05, 4.69) is 0 Å². The number of hydrogen-bond donors (Lipinski definition) is 1. The summed E-state index contributed by atoms with van der Waals surface area (Å²) in [5, 5.41) is 10.6. The van der Waals surface area contributed by atoms with Crippen molar-refractivity contribution in [2.24, 2.45) is 5.92 Å². The molecule has 0 radical (unpaired) electrons. The third kappa shape index (κ3) is 4.21. The standard InChI is InChI=1S/C14H19ClO2/c15-12-5-7-14(8-6-12)17-10-13(16)9-11-3-1-2-4-11/h5-8,11,13,16H,1-4,9-10H2. The third-order valence-corrected chi connectivity index (χ3v) is 3.59. The fourth-order valence-corrected chi connectivity index (χ4v) is 2.55. The zero-order chi connectivity index (χ0) is 12.1. The van der Waals surface area contributed by atoms with Gasteiger partial charge in [0.25, 0.3) is 0 Å². The normalized spacial score (nSPS) is 18.2. The lowest BCUT2D eigenvalue weighted by Crippen LogP contribution is -2.20. The Bertz CT molecular complexity index is 331. The fourth-order valence-electron chi connectivity index (χ4n) is 2.42. The van der Waals surface area contributed by atoms with Crippen LogP contribution in [-0.2, 0) is 0 Å². The Morgan fingerprint density at radius 3 is 2.53 bits per heavy atom. The van der Waals surface area contributed by atoms with E-state index in [9.17, 15) is 5.11 Å². The first-order valence-corrected chi connectivity index (χ1v) is 6.68. The van der Waals surface area contributed by atoms with Gasteiger partial charge in [0, 0.05) is 5.02 Å². The molecule has 17 heavy (non-hydrogen) atoms. The Kier molecular flexibility index (Phi) is 4.69. The van der Waals surface area contributed by atoms with Crippen molar-refractivity contribution in [3.05, 3.63) is 29.3 Å². The van der Waals surface area contributed by atoms with Crippen LogP contribution in [0.15, 0.2) is 24.3 Å². The molecule has 2 nitrogen and oxygen atoms in total. The van der Waals surface area contributed by atoms with Crippen molar-refractivity contribution >= 4 is 11.6 Å². The van der Waals surface area contributed by atoms with Gasteiger partial charge >= 0.3 is 0 Å². The molecule has 1 aliphatic carbocycles. The number of rotatable bonds is 5. The SMILES string of the molecule is OC(COc1ccc(Cl)cc1)CC1CCCC1. The van der Waals surface area contributed by atoms with E-state index >= 15 is 0 Å². The van der Waals surface area contributed by atoms with E-state index in [1.807, 2.05) is 12.1 Å². The lowest BCUT2D eigenvalue weighted by atomic mass is 10.0. The van der Waals surface area contributed by atoms with E-state index in [-0.39, 0.29) is 6.10 Å². The molecule has 1 N–H and O–H groups in total. The van der Waals surface area contributed by atoms with Crippen molar-refractivity contribution in [1.82, 2.24) is 0 Å². The van der Waals surface area contributed by atoms with Crippen LogP contribution in [0.5, 0.6) is 5.75 Å². The molecule has 0 bridgehead atoms. The van der Waals surface area contributed by atoms with Crippen molar-refractivity contribution in [3.8, 4) is 5.75 Å². The Morgan fingerprint density at radius 1 is 1.24 bits per heavy atom. The molecule has 0 saturated heterocycles. The van der Waals surface area contributed by atoms with Crippen LogP contribution in [0.4, 0.5) is 0 Å². The zero-order valence-corrected chi connectivity index (χ0v) is 10.7. The van der Waals surface area contributed by atoms with E-state index < -0.39 is 0 Å². The van der Waals surface area contributed by atoms with Gasteiger partial charge in [0.15, 0.2) is 0 Å². The smallest absolute Gasteiger partial charge is 0.119 e. The number of aliphatic hydroxyl groups is 1. The zero-order valence-electron chi connectivity index (χ0n) is 9.94. The van der Waals surface area contributed by atoms with Crippen molar-refractivity contribution in [2.75, 3.05) is 6.61 Å². The molecular formula is C14H19ClO2. The molecule has 1 fully saturated rings. The van der Waals surface area contributed by atoms with Crippen molar-refractivity contribution in [1.29, 1.82) is 0 Å². The molecule has 1 aromatic rings. The monoisotopic (exact) mass is 254 g/mol. The van der Waals surface area contributed by atoms with Crippen LogP contribution in [0.1, 0.15) is 32.1 Å². The largest absolute Gasteiger partial charge is 0.491 e. The molecular weight excluding hydrogens is 236 g/mol. The summed E-state index contributed by atoms with van der Waals surface area (Å²) < 4.78 is 5.52. The summed E-state index contributed by atoms with van der Waals surface area (Å²) >= 11 is 5.78. The summed E-state index contributed by atoms with van der Waals surface area (Å²) in [6, 6.07) is 7.23. The van der Waals surface area contributed by atoms with Crippen LogP contribution >= 0.6 is 11.6 Å². The molecule has 0 spiro atoms. The predicted octanol–water partition coefficient (Wildman–Crippen LogP) is 3.66. The molecule has 1 saturated carbocycles. The van der Waals surface area contributed by atoms with Gasteiger partial charge in [-0.2, -0.15) is 0 Å². The van der Waals surface area contributed by atoms with Crippen molar-refractivity contribution in [3.63, 3.8) is 0 Å². The highest BCUT2D eigenvalue weighted by Gasteiger charge is 2.19. The Labute approximate surface area is 108 Å². The van der Waals surface area contributed by atoms with E-state index in [0.717, 1.165) is 12.2 Å². The lowest BCUT2D eigenvalue weighted by molar-refractivity contribution is 0.0855. The second-order valence-corrected chi connectivity index (χ2v) is 5.24. The topological polar surface area (TPSA) is 29.5 Å². The average molecular weight is 255 g/mol. The summed E-state index contributed by atoms with van der Waals surface area (Å²) in [5.74, 6) is 1.46. The maximum atomic E-state index is 9.87. The van der Waals surface area contributed by atoms with Crippen LogP contribution in [0.25, 0.3) is 0 Å². The van der Waals surface area contributed by atoms with E-state index in [4.69, 9.17) is 16.3 Å². The Hall–Kier alpha value is -0.730. The summed E-state index contributed by atoms with van der Waals surface area (Å²) in [6.07, 6.45) is 5.67. The van der Waals surface area contributed by atoms with Gasteiger partial charge < -0.3 is 9.84 Å². The minimum Gasteiger partial charge on any atom is -0.491 e. The van der Waals surface area contributed by atoms with Gasteiger partial charge in [-0.05, 0) is 36.6 Å². The van der Waals surface area contributed by atoms with Gasteiger partial charge in [-0.1, -0.05) is 37.3 Å². The van der Waals surface area contributed by atoms with Gasteiger partial charge in [-0.25, -0.2) is 0 Å². The molecule has 0 aliphatic heterocycles. The minimum atomic E-state index is -0.353.